The van der Waals surface area contributed by atoms with E-state index in [9.17, 15) is 0 Å². The van der Waals surface area contributed by atoms with E-state index in [1.807, 2.05) is 7.05 Å². The largest absolute Gasteiger partial charge is 0.373 e. The highest BCUT2D eigenvalue weighted by atomic mass is 16.5. The average Bonchev–Trinajstić information content (AvgIpc) is 3.14. The molecule has 0 amide bonds. The number of aliphatic imine (C=N–C) groups is 1. The Hall–Kier alpha value is -1.55. The first kappa shape index (κ1) is 16.3. The molecule has 0 aliphatic carbocycles. The molecule has 2 N–H and O–H groups in total. The van der Waals surface area contributed by atoms with Crippen LogP contribution in [0.25, 0.3) is 0 Å². The van der Waals surface area contributed by atoms with Crippen molar-refractivity contribution in [3.63, 3.8) is 0 Å². The number of ether oxygens (including phenoxy) is 1. The van der Waals surface area contributed by atoms with E-state index in [4.69, 9.17) is 4.74 Å². The standard InChI is InChI=1S/C19H29N3O/c1-13-5-7-14(8-6-13)19(2,3)12-21-18(20-4)22-16-11-15-9-10-17(16)23-15/h5-8,15-17H,9-12H2,1-4H3,(H2,20,21,22). The van der Waals surface area contributed by atoms with Gasteiger partial charge in [-0.1, -0.05) is 43.7 Å². The van der Waals surface area contributed by atoms with Crippen LogP contribution in [0.3, 0.4) is 0 Å². The molecule has 0 spiro atoms. The van der Waals surface area contributed by atoms with Gasteiger partial charge < -0.3 is 15.4 Å². The lowest BCUT2D eigenvalue weighted by atomic mass is 9.84. The third kappa shape index (κ3) is 3.69. The van der Waals surface area contributed by atoms with Crippen molar-refractivity contribution in [1.29, 1.82) is 0 Å². The maximum absolute atomic E-state index is 5.91. The highest BCUT2D eigenvalue weighted by Gasteiger charge is 2.41. The van der Waals surface area contributed by atoms with Gasteiger partial charge in [0.1, 0.15) is 0 Å². The maximum Gasteiger partial charge on any atom is 0.191 e. The Bertz CT molecular complexity index is 564. The molecule has 2 aliphatic heterocycles. The lowest BCUT2D eigenvalue weighted by Crippen LogP contribution is -2.49. The van der Waals surface area contributed by atoms with E-state index in [0.717, 1.165) is 18.9 Å². The number of nitrogens with one attached hydrogen (secondary N) is 2. The third-order valence-corrected chi connectivity index (χ3v) is 5.18. The van der Waals surface area contributed by atoms with Crippen molar-refractivity contribution in [2.45, 2.75) is 63.7 Å². The van der Waals surface area contributed by atoms with E-state index in [0.29, 0.717) is 18.2 Å². The molecule has 126 valence electrons. The normalized spacial score (nSPS) is 27.3. The van der Waals surface area contributed by atoms with Gasteiger partial charge in [0.05, 0.1) is 18.2 Å². The molecule has 3 unspecified atom stereocenters. The van der Waals surface area contributed by atoms with Crippen LogP contribution in [0.5, 0.6) is 0 Å². The lowest BCUT2D eigenvalue weighted by Gasteiger charge is -2.28. The molecule has 0 saturated carbocycles. The second-order valence-corrected chi connectivity index (χ2v) is 7.54. The van der Waals surface area contributed by atoms with Crippen molar-refractivity contribution in [3.8, 4) is 0 Å². The summed E-state index contributed by atoms with van der Waals surface area (Å²) in [5.74, 6) is 0.881. The first-order valence-electron chi connectivity index (χ1n) is 8.68. The molecule has 0 aromatic heterocycles. The summed E-state index contributed by atoms with van der Waals surface area (Å²) < 4.78 is 5.91. The van der Waals surface area contributed by atoms with E-state index in [2.05, 4.69) is 60.7 Å². The molecule has 3 atom stereocenters. The molecule has 2 fully saturated rings. The zero-order chi connectivity index (χ0) is 16.4. The molecular formula is C19H29N3O. The summed E-state index contributed by atoms with van der Waals surface area (Å²) in [4.78, 5) is 4.38. The molecule has 23 heavy (non-hydrogen) atoms. The SMILES string of the molecule is CN=C(NCC(C)(C)c1ccc(C)cc1)NC1CC2CCC1O2. The summed E-state index contributed by atoms with van der Waals surface area (Å²) in [6.07, 6.45) is 4.32. The zero-order valence-electron chi connectivity index (χ0n) is 14.7. The smallest absolute Gasteiger partial charge is 0.191 e. The molecule has 0 radical (unpaired) electrons. The first-order chi connectivity index (χ1) is 11.0. The van der Waals surface area contributed by atoms with E-state index in [1.165, 1.54) is 24.0 Å². The fraction of sp³-hybridized carbons (Fsp3) is 0.632. The summed E-state index contributed by atoms with van der Waals surface area (Å²) >= 11 is 0. The Morgan fingerprint density at radius 1 is 1.26 bits per heavy atom. The number of rotatable bonds is 4. The number of guanidine groups is 1. The minimum Gasteiger partial charge on any atom is -0.373 e. The topological polar surface area (TPSA) is 45.7 Å². The molecular weight excluding hydrogens is 286 g/mol. The van der Waals surface area contributed by atoms with Crippen LogP contribution < -0.4 is 10.6 Å². The minimum absolute atomic E-state index is 0.0521. The molecule has 1 aromatic rings. The second-order valence-electron chi connectivity index (χ2n) is 7.54. The van der Waals surface area contributed by atoms with Crippen LogP contribution in [0, 0.1) is 6.92 Å². The lowest BCUT2D eigenvalue weighted by molar-refractivity contribution is 0.0992. The van der Waals surface area contributed by atoms with Crippen molar-refractivity contribution in [2.75, 3.05) is 13.6 Å². The van der Waals surface area contributed by atoms with Crippen LogP contribution in [0.4, 0.5) is 0 Å². The van der Waals surface area contributed by atoms with E-state index in [1.54, 1.807) is 0 Å². The number of hydrogen-bond donors (Lipinski definition) is 2. The van der Waals surface area contributed by atoms with Gasteiger partial charge in [-0.05, 0) is 31.7 Å². The summed E-state index contributed by atoms with van der Waals surface area (Å²) in [6.45, 7) is 7.49. The van der Waals surface area contributed by atoms with Gasteiger partial charge in [-0.15, -0.1) is 0 Å². The van der Waals surface area contributed by atoms with Crippen LogP contribution >= 0.6 is 0 Å². The fourth-order valence-electron chi connectivity index (χ4n) is 3.57. The van der Waals surface area contributed by atoms with Crippen molar-refractivity contribution in [2.24, 2.45) is 4.99 Å². The molecule has 4 nitrogen and oxygen atoms in total. The average molecular weight is 315 g/mol. The molecule has 1 aromatic carbocycles. The van der Waals surface area contributed by atoms with Crippen LogP contribution in [-0.4, -0.2) is 37.8 Å². The van der Waals surface area contributed by atoms with Crippen LogP contribution in [0.15, 0.2) is 29.3 Å². The van der Waals surface area contributed by atoms with Crippen molar-refractivity contribution >= 4 is 5.96 Å². The Kier molecular flexibility index (Phi) is 4.62. The van der Waals surface area contributed by atoms with Crippen LogP contribution in [0.2, 0.25) is 0 Å². The third-order valence-electron chi connectivity index (χ3n) is 5.18. The number of benzene rings is 1. The molecule has 4 heteroatoms. The molecule has 3 rings (SSSR count). The number of aryl methyl sites for hydroxylation is 1. The predicted molar refractivity (Wildman–Crippen MR) is 95.0 cm³/mol. The molecule has 2 aliphatic rings. The number of nitrogens with zero attached hydrogens (tertiary/aromatic N) is 1. The van der Waals surface area contributed by atoms with Gasteiger partial charge in [-0.25, -0.2) is 0 Å². The van der Waals surface area contributed by atoms with Gasteiger partial charge in [0, 0.05) is 19.0 Å². The molecule has 2 saturated heterocycles. The summed E-state index contributed by atoms with van der Waals surface area (Å²) in [5, 5.41) is 7.04. The zero-order valence-corrected chi connectivity index (χ0v) is 14.7. The van der Waals surface area contributed by atoms with E-state index < -0.39 is 0 Å². The van der Waals surface area contributed by atoms with Crippen LogP contribution in [0.1, 0.15) is 44.2 Å². The van der Waals surface area contributed by atoms with Gasteiger partial charge in [0.2, 0.25) is 0 Å². The summed E-state index contributed by atoms with van der Waals surface area (Å²) in [6, 6.07) is 9.20. The van der Waals surface area contributed by atoms with Gasteiger partial charge >= 0.3 is 0 Å². The highest BCUT2D eigenvalue weighted by Crippen LogP contribution is 2.34. The summed E-state index contributed by atoms with van der Waals surface area (Å²) in [7, 11) is 1.84. The first-order valence-corrected chi connectivity index (χ1v) is 8.68. The minimum atomic E-state index is 0.0521. The highest BCUT2D eigenvalue weighted by molar-refractivity contribution is 5.80. The maximum atomic E-state index is 5.91. The van der Waals surface area contributed by atoms with Crippen molar-refractivity contribution in [1.82, 2.24) is 10.6 Å². The van der Waals surface area contributed by atoms with E-state index >= 15 is 0 Å². The van der Waals surface area contributed by atoms with Gasteiger partial charge in [0.15, 0.2) is 5.96 Å². The van der Waals surface area contributed by atoms with Gasteiger partial charge in [-0.2, -0.15) is 0 Å². The van der Waals surface area contributed by atoms with Gasteiger partial charge in [-0.3, -0.25) is 4.99 Å². The quantitative estimate of drug-likeness (QED) is 0.663. The Labute approximate surface area is 139 Å². The van der Waals surface area contributed by atoms with Crippen LogP contribution in [-0.2, 0) is 10.2 Å². The second kappa shape index (κ2) is 6.52. The predicted octanol–water partition coefficient (Wildman–Crippen LogP) is 2.76. The Balaban J connectivity index is 1.56. The monoisotopic (exact) mass is 315 g/mol. The van der Waals surface area contributed by atoms with Crippen molar-refractivity contribution < 1.29 is 4.74 Å². The summed E-state index contributed by atoms with van der Waals surface area (Å²) in [5.41, 5.74) is 2.69. The Morgan fingerprint density at radius 3 is 2.57 bits per heavy atom. The van der Waals surface area contributed by atoms with Gasteiger partial charge in [0.25, 0.3) is 0 Å². The number of hydrogen-bond acceptors (Lipinski definition) is 2. The fourth-order valence-corrected chi connectivity index (χ4v) is 3.57. The van der Waals surface area contributed by atoms with Crippen molar-refractivity contribution in [3.05, 3.63) is 35.4 Å². The Morgan fingerprint density at radius 2 is 2.00 bits per heavy atom. The molecule has 2 bridgehead atoms. The number of fused-ring (bicyclic) bond motifs is 2. The van der Waals surface area contributed by atoms with E-state index in [-0.39, 0.29) is 5.41 Å². The molecule has 2 heterocycles.